The van der Waals surface area contributed by atoms with Crippen LogP contribution >= 0.6 is 15.9 Å². The van der Waals surface area contributed by atoms with Gasteiger partial charge in [0.15, 0.2) is 18.9 Å². The molecule has 1 aromatic heterocycles. The lowest BCUT2D eigenvalue weighted by atomic mass is 10.1. The van der Waals surface area contributed by atoms with Crippen molar-refractivity contribution in [2.75, 3.05) is 0 Å². The number of hydrogen-bond acceptors (Lipinski definition) is 0. The Morgan fingerprint density at radius 3 is 2.25 bits per heavy atom. The monoisotopic (exact) mass is 324 g/mol. The molecule has 0 fully saturated rings. The highest BCUT2D eigenvalue weighted by Gasteiger charge is 2.07. The van der Waals surface area contributed by atoms with Crippen LogP contribution in [0.4, 0.5) is 0 Å². The number of nitrogens with zero attached hydrogens (tertiary/aromatic N) is 1. The van der Waals surface area contributed by atoms with Gasteiger partial charge in [0.25, 0.3) is 0 Å². The van der Waals surface area contributed by atoms with E-state index < -0.39 is 0 Å². The van der Waals surface area contributed by atoms with E-state index in [0.717, 1.165) is 11.0 Å². The van der Waals surface area contributed by atoms with Gasteiger partial charge in [0.1, 0.15) is 0 Å². The van der Waals surface area contributed by atoms with E-state index in [1.54, 1.807) is 0 Å². The summed E-state index contributed by atoms with van der Waals surface area (Å²) < 4.78 is 3.36. The molecule has 0 unspecified atom stereocenters. The predicted molar refractivity (Wildman–Crippen MR) is 85.3 cm³/mol. The van der Waals surface area contributed by atoms with E-state index >= 15 is 0 Å². The number of rotatable bonds is 3. The van der Waals surface area contributed by atoms with E-state index in [4.69, 9.17) is 0 Å². The maximum Gasteiger partial charge on any atom is 0.176 e. The molecule has 0 aliphatic heterocycles. The van der Waals surface area contributed by atoms with Crippen LogP contribution in [-0.2, 0) is 6.54 Å². The average molecular weight is 325 g/mol. The largest absolute Gasteiger partial charge is 0.200 e. The molecule has 3 aromatic rings. The number of halogens is 1. The van der Waals surface area contributed by atoms with Crippen LogP contribution in [0.25, 0.3) is 11.1 Å². The fourth-order valence-electron chi connectivity index (χ4n) is 2.24. The minimum atomic E-state index is 0.863. The predicted octanol–water partition coefficient (Wildman–Crippen LogP) is 4.45. The molecule has 0 amide bonds. The summed E-state index contributed by atoms with van der Waals surface area (Å²) in [5.41, 5.74) is 3.76. The fraction of sp³-hybridized carbons (Fsp3) is 0.0556. The molecule has 2 heteroatoms. The van der Waals surface area contributed by atoms with Crippen molar-refractivity contribution in [3.8, 4) is 11.1 Å². The summed E-state index contributed by atoms with van der Waals surface area (Å²) in [6, 6.07) is 23.0. The standard InChI is InChI=1S/C18H15BrN/c19-18-11-5-4-9-17(18)14-20-12-6-10-16(13-20)15-7-2-1-3-8-15/h1-13H,14H2/q+1. The summed E-state index contributed by atoms with van der Waals surface area (Å²) in [7, 11) is 0. The van der Waals surface area contributed by atoms with E-state index in [9.17, 15) is 0 Å². The third-order valence-corrected chi connectivity index (χ3v) is 4.05. The highest BCUT2D eigenvalue weighted by atomic mass is 79.9. The normalized spacial score (nSPS) is 10.4. The lowest BCUT2D eigenvalue weighted by molar-refractivity contribution is -0.688. The molecule has 0 bridgehead atoms. The fourth-order valence-corrected chi connectivity index (χ4v) is 2.66. The topological polar surface area (TPSA) is 3.88 Å². The van der Waals surface area contributed by atoms with E-state index in [-0.39, 0.29) is 0 Å². The Morgan fingerprint density at radius 1 is 0.750 bits per heavy atom. The second-order valence-corrected chi connectivity index (χ2v) is 5.58. The van der Waals surface area contributed by atoms with Crippen LogP contribution in [0.15, 0.2) is 83.6 Å². The van der Waals surface area contributed by atoms with Gasteiger partial charge in [0.2, 0.25) is 0 Å². The SMILES string of the molecule is Brc1ccccc1C[n+]1cccc(-c2ccccc2)c1. The third kappa shape index (κ3) is 2.97. The summed E-state index contributed by atoms with van der Waals surface area (Å²) in [5, 5.41) is 0. The van der Waals surface area contributed by atoms with Gasteiger partial charge < -0.3 is 0 Å². The van der Waals surface area contributed by atoms with Crippen molar-refractivity contribution >= 4 is 15.9 Å². The molecule has 1 nitrogen and oxygen atoms in total. The Balaban J connectivity index is 1.91. The molecule has 0 radical (unpaired) electrons. The van der Waals surface area contributed by atoms with Crippen LogP contribution in [0.3, 0.4) is 0 Å². The summed E-state index contributed by atoms with van der Waals surface area (Å²) in [6.45, 7) is 0.863. The van der Waals surface area contributed by atoms with Gasteiger partial charge in [-0.15, -0.1) is 0 Å². The maximum atomic E-state index is 3.60. The lowest BCUT2D eigenvalue weighted by Gasteiger charge is -2.03. The Morgan fingerprint density at radius 2 is 1.45 bits per heavy atom. The third-order valence-electron chi connectivity index (χ3n) is 3.28. The molecule has 1 heterocycles. The van der Waals surface area contributed by atoms with Crippen molar-refractivity contribution in [2.45, 2.75) is 6.54 Å². The Kier molecular flexibility index (Phi) is 3.93. The number of aromatic nitrogens is 1. The quantitative estimate of drug-likeness (QED) is 0.626. The molecule has 0 aliphatic rings. The molecular formula is C18H15BrN+. The van der Waals surface area contributed by atoms with Crippen LogP contribution < -0.4 is 4.57 Å². The zero-order valence-corrected chi connectivity index (χ0v) is 12.6. The Labute approximate surface area is 127 Å². The highest BCUT2D eigenvalue weighted by molar-refractivity contribution is 9.10. The number of hydrogen-bond donors (Lipinski definition) is 0. The molecule has 0 N–H and O–H groups in total. The van der Waals surface area contributed by atoms with Crippen LogP contribution in [0.5, 0.6) is 0 Å². The minimum absolute atomic E-state index is 0.863. The smallest absolute Gasteiger partial charge is 0.176 e. The van der Waals surface area contributed by atoms with Gasteiger partial charge in [-0.3, -0.25) is 0 Å². The summed E-state index contributed by atoms with van der Waals surface area (Å²) >= 11 is 3.60. The van der Waals surface area contributed by atoms with Crippen LogP contribution in [-0.4, -0.2) is 0 Å². The van der Waals surface area contributed by atoms with Crippen molar-refractivity contribution in [1.29, 1.82) is 0 Å². The first kappa shape index (κ1) is 13.1. The second-order valence-electron chi connectivity index (χ2n) is 4.72. The maximum absolute atomic E-state index is 3.60. The molecule has 0 saturated heterocycles. The first-order valence-electron chi connectivity index (χ1n) is 6.61. The zero-order valence-electron chi connectivity index (χ0n) is 11.0. The van der Waals surface area contributed by atoms with E-state index in [1.165, 1.54) is 16.7 Å². The molecule has 3 rings (SSSR count). The average Bonchev–Trinajstić information content (AvgIpc) is 2.51. The molecular weight excluding hydrogens is 310 g/mol. The first-order valence-corrected chi connectivity index (χ1v) is 7.40. The zero-order chi connectivity index (χ0) is 13.8. The van der Waals surface area contributed by atoms with Crippen molar-refractivity contribution in [2.24, 2.45) is 0 Å². The van der Waals surface area contributed by atoms with Gasteiger partial charge in [-0.1, -0.05) is 64.5 Å². The molecule has 2 aromatic carbocycles. The van der Waals surface area contributed by atoms with Crippen molar-refractivity contribution in [3.63, 3.8) is 0 Å². The molecule has 0 saturated carbocycles. The number of benzene rings is 2. The molecule has 0 spiro atoms. The molecule has 98 valence electrons. The van der Waals surface area contributed by atoms with E-state index in [0.29, 0.717) is 0 Å². The van der Waals surface area contributed by atoms with E-state index in [1.807, 2.05) is 12.1 Å². The van der Waals surface area contributed by atoms with Gasteiger partial charge in [-0.25, -0.2) is 4.57 Å². The molecule has 0 atom stereocenters. The Hall–Kier alpha value is -1.93. The van der Waals surface area contributed by atoms with Gasteiger partial charge in [0.05, 0.1) is 0 Å². The minimum Gasteiger partial charge on any atom is -0.200 e. The van der Waals surface area contributed by atoms with Crippen LogP contribution in [0.1, 0.15) is 5.56 Å². The summed E-state index contributed by atoms with van der Waals surface area (Å²) in [4.78, 5) is 0. The van der Waals surface area contributed by atoms with Crippen LogP contribution in [0, 0.1) is 0 Å². The van der Waals surface area contributed by atoms with Gasteiger partial charge >= 0.3 is 0 Å². The van der Waals surface area contributed by atoms with E-state index in [2.05, 4.69) is 87.5 Å². The first-order chi connectivity index (χ1) is 9.83. The highest BCUT2D eigenvalue weighted by Crippen LogP contribution is 2.18. The number of pyridine rings is 1. The Bertz CT molecular complexity index is 707. The van der Waals surface area contributed by atoms with Crippen molar-refractivity contribution in [3.05, 3.63) is 89.2 Å². The van der Waals surface area contributed by atoms with Crippen LogP contribution in [0.2, 0.25) is 0 Å². The summed E-state index contributed by atoms with van der Waals surface area (Å²) in [6.07, 6.45) is 4.29. The van der Waals surface area contributed by atoms with Gasteiger partial charge in [0, 0.05) is 21.7 Å². The van der Waals surface area contributed by atoms with Gasteiger partial charge in [-0.2, -0.15) is 0 Å². The summed E-state index contributed by atoms with van der Waals surface area (Å²) in [5.74, 6) is 0. The van der Waals surface area contributed by atoms with Crippen molar-refractivity contribution in [1.82, 2.24) is 0 Å². The molecule has 0 aliphatic carbocycles. The van der Waals surface area contributed by atoms with Gasteiger partial charge in [-0.05, 0) is 17.7 Å². The van der Waals surface area contributed by atoms with Crippen molar-refractivity contribution < 1.29 is 4.57 Å². The second kappa shape index (κ2) is 6.02. The lowest BCUT2D eigenvalue weighted by Crippen LogP contribution is -2.33. The molecule has 20 heavy (non-hydrogen) atoms.